The number of ketones is 1. The third-order valence-electron chi connectivity index (χ3n) is 9.81. The van der Waals surface area contributed by atoms with Crippen molar-refractivity contribution < 1.29 is 48.0 Å². The van der Waals surface area contributed by atoms with Crippen LogP contribution in [-0.2, 0) is 42.9 Å². The number of unbranched alkanes of at least 4 members (excludes halogenated alkanes) is 14. The first-order valence-electron chi connectivity index (χ1n) is 23.7. The van der Waals surface area contributed by atoms with Crippen molar-refractivity contribution in [3.8, 4) is 0 Å². The fourth-order valence-electron chi connectivity index (χ4n) is 6.63. The van der Waals surface area contributed by atoms with Gasteiger partial charge in [-0.15, -0.1) is 0 Å². The van der Waals surface area contributed by atoms with Crippen LogP contribution < -0.4 is 21.3 Å². The molecule has 14 heteroatoms. The van der Waals surface area contributed by atoms with Crippen molar-refractivity contribution in [2.24, 2.45) is 5.41 Å². The Balaban J connectivity index is 3.50. The van der Waals surface area contributed by atoms with Crippen LogP contribution in [0.2, 0.25) is 0 Å². The molecule has 0 saturated carbocycles. The minimum atomic E-state index is -0.691. The summed E-state index contributed by atoms with van der Waals surface area (Å²) in [4.78, 5) is 59.6. The Labute approximate surface area is 370 Å². The highest BCUT2D eigenvalue weighted by molar-refractivity contribution is 5.84. The number of carboxylic acids is 1. The Kier molecular flexibility index (Phi) is 37.3. The molecule has 0 bridgehead atoms. The maximum atomic E-state index is 12.9. The predicted molar refractivity (Wildman–Crippen MR) is 243 cm³/mol. The van der Waals surface area contributed by atoms with E-state index in [9.17, 15) is 24.0 Å². The lowest BCUT2D eigenvalue weighted by Crippen LogP contribution is -2.48. The average Bonchev–Trinajstić information content (AvgIpc) is 3.17. The molecule has 0 spiro atoms. The molecule has 1 atom stereocenters. The number of hydrogen-bond donors (Lipinski definition) is 5. The van der Waals surface area contributed by atoms with Gasteiger partial charge in [0.05, 0.1) is 58.9 Å². The summed E-state index contributed by atoms with van der Waals surface area (Å²) in [5.74, 6) is -0.566. The van der Waals surface area contributed by atoms with Gasteiger partial charge in [-0.25, -0.2) is 0 Å². The maximum absolute atomic E-state index is 12.9. The highest BCUT2D eigenvalue weighted by Gasteiger charge is 2.26. The van der Waals surface area contributed by atoms with Gasteiger partial charge >= 0.3 is 5.97 Å². The molecule has 0 aliphatic heterocycles. The van der Waals surface area contributed by atoms with Crippen LogP contribution in [0.1, 0.15) is 183 Å². The minimum Gasteiger partial charge on any atom is -0.481 e. The van der Waals surface area contributed by atoms with E-state index in [2.05, 4.69) is 62.8 Å². The van der Waals surface area contributed by atoms with Gasteiger partial charge in [-0.3, -0.25) is 24.0 Å². The molecular weight excluding hydrogens is 781 g/mol. The molecule has 0 radical (unpaired) electrons. The monoisotopic (exact) mass is 871 g/mol. The molecule has 14 nitrogen and oxygen atoms in total. The zero-order chi connectivity index (χ0) is 45.5. The summed E-state index contributed by atoms with van der Waals surface area (Å²) in [6.45, 7) is 16.8. The first-order valence-corrected chi connectivity index (χ1v) is 23.7. The van der Waals surface area contributed by atoms with Crippen molar-refractivity contribution in [1.82, 2.24) is 21.3 Å². The summed E-state index contributed by atoms with van der Waals surface area (Å²) in [5.41, 5.74) is -0.196. The van der Waals surface area contributed by atoms with E-state index >= 15 is 0 Å². The van der Waals surface area contributed by atoms with Gasteiger partial charge in [0.15, 0.2) is 0 Å². The Bertz CT molecular complexity index is 1130. The van der Waals surface area contributed by atoms with Gasteiger partial charge < -0.3 is 45.3 Å². The second-order valence-corrected chi connectivity index (χ2v) is 18.5. The second kappa shape index (κ2) is 39.0. The van der Waals surface area contributed by atoms with Crippen molar-refractivity contribution in [3.63, 3.8) is 0 Å². The van der Waals surface area contributed by atoms with Crippen LogP contribution in [0.5, 0.6) is 0 Å². The van der Waals surface area contributed by atoms with E-state index in [1.807, 2.05) is 0 Å². The molecule has 3 amide bonds. The van der Waals surface area contributed by atoms with E-state index in [0.29, 0.717) is 91.8 Å². The van der Waals surface area contributed by atoms with Crippen LogP contribution in [0.3, 0.4) is 0 Å². The SMILES string of the molecule is CC(C)(C)CC(=O)C(CCCCNC(=O)CCOCCOCCNC(=O)CCOCCOCCNC(=O)CCCCCCCCCCCCCCCCC(=O)O)NC(C)(C)C. The third kappa shape index (κ3) is 45.2. The van der Waals surface area contributed by atoms with E-state index in [1.165, 1.54) is 57.8 Å². The molecule has 5 N–H and O–H groups in total. The highest BCUT2D eigenvalue weighted by Crippen LogP contribution is 2.22. The summed E-state index contributed by atoms with van der Waals surface area (Å²) >= 11 is 0. The molecule has 0 aliphatic carbocycles. The number of carboxylic acid groups (broad SMARTS) is 1. The molecule has 0 aromatic carbocycles. The smallest absolute Gasteiger partial charge is 0.303 e. The third-order valence-corrected chi connectivity index (χ3v) is 9.81. The largest absolute Gasteiger partial charge is 0.481 e. The van der Waals surface area contributed by atoms with Crippen LogP contribution in [0.25, 0.3) is 0 Å². The Hall–Kier alpha value is -2.65. The van der Waals surface area contributed by atoms with Gasteiger partial charge in [0.1, 0.15) is 5.78 Å². The van der Waals surface area contributed by atoms with Crippen molar-refractivity contribution in [2.75, 3.05) is 72.5 Å². The topological polar surface area (TPSA) is 191 Å². The first kappa shape index (κ1) is 58.4. The molecule has 0 fully saturated rings. The lowest BCUT2D eigenvalue weighted by Gasteiger charge is -2.30. The second-order valence-electron chi connectivity index (χ2n) is 18.5. The first-order chi connectivity index (χ1) is 29.1. The lowest BCUT2D eigenvalue weighted by molar-refractivity contribution is -0.137. The number of nitrogens with one attached hydrogen (secondary N) is 4. The fourth-order valence-corrected chi connectivity index (χ4v) is 6.63. The van der Waals surface area contributed by atoms with Crippen LogP contribution in [0.4, 0.5) is 0 Å². The molecule has 1 unspecified atom stereocenters. The lowest BCUT2D eigenvalue weighted by atomic mass is 9.86. The van der Waals surface area contributed by atoms with E-state index in [4.69, 9.17) is 24.1 Å². The standard InChI is InChI=1S/C47H90N4O10/c1-46(2,3)39-41(52)40(51-47(4,5)6)23-21-22-28-48-43(54)26-31-58-35-38-61-34-30-50-44(55)27-32-59-36-37-60-33-29-49-42(53)24-19-17-15-13-11-9-7-8-10-12-14-16-18-20-25-45(56)57/h40,51H,7-39H2,1-6H3,(H,48,54)(H,49,53)(H,50,55)(H,56,57). The van der Waals surface area contributed by atoms with Crippen molar-refractivity contribution in [3.05, 3.63) is 0 Å². The van der Waals surface area contributed by atoms with E-state index in [0.717, 1.165) is 51.4 Å². The van der Waals surface area contributed by atoms with Gasteiger partial charge in [-0.2, -0.15) is 0 Å². The van der Waals surface area contributed by atoms with Gasteiger partial charge in [0.2, 0.25) is 17.7 Å². The van der Waals surface area contributed by atoms with E-state index in [-0.39, 0.29) is 53.3 Å². The van der Waals surface area contributed by atoms with Gasteiger partial charge in [-0.1, -0.05) is 97.8 Å². The molecule has 0 saturated heterocycles. The van der Waals surface area contributed by atoms with Gasteiger partial charge in [-0.05, 0) is 58.3 Å². The normalized spacial score (nSPS) is 12.3. The summed E-state index contributed by atoms with van der Waals surface area (Å²) in [6, 6.07) is -0.181. The number of carbonyl (C=O) groups excluding carboxylic acids is 4. The predicted octanol–water partition coefficient (Wildman–Crippen LogP) is 7.44. The van der Waals surface area contributed by atoms with Crippen molar-refractivity contribution >= 4 is 29.5 Å². The summed E-state index contributed by atoms with van der Waals surface area (Å²) in [6.07, 6.45) is 20.6. The number of amides is 3. The van der Waals surface area contributed by atoms with Gasteiger partial charge in [0.25, 0.3) is 0 Å². The Morgan fingerprint density at radius 3 is 1.23 bits per heavy atom. The number of carbonyl (C=O) groups is 5. The van der Waals surface area contributed by atoms with Crippen LogP contribution in [-0.4, -0.2) is 119 Å². The minimum absolute atomic E-state index is 0.0480. The number of Topliss-reactive ketones (excluding diaryl/α,β-unsaturated/α-hetero) is 1. The quantitative estimate of drug-likeness (QED) is 0.0383. The molecule has 358 valence electrons. The zero-order valence-corrected chi connectivity index (χ0v) is 39.5. The van der Waals surface area contributed by atoms with Crippen LogP contribution in [0.15, 0.2) is 0 Å². The van der Waals surface area contributed by atoms with Crippen LogP contribution in [0, 0.1) is 5.41 Å². The molecular formula is C47H90N4O10. The molecule has 0 aromatic rings. The van der Waals surface area contributed by atoms with E-state index < -0.39 is 5.97 Å². The van der Waals surface area contributed by atoms with Crippen molar-refractivity contribution in [1.29, 1.82) is 0 Å². The summed E-state index contributed by atoms with van der Waals surface area (Å²) in [5, 5.41) is 20.7. The highest BCUT2D eigenvalue weighted by atomic mass is 16.5. The Morgan fingerprint density at radius 1 is 0.443 bits per heavy atom. The van der Waals surface area contributed by atoms with Crippen molar-refractivity contribution in [2.45, 2.75) is 194 Å². The zero-order valence-electron chi connectivity index (χ0n) is 39.5. The summed E-state index contributed by atoms with van der Waals surface area (Å²) in [7, 11) is 0. The van der Waals surface area contributed by atoms with Gasteiger partial charge in [0, 0.05) is 57.3 Å². The number of rotatable bonds is 43. The maximum Gasteiger partial charge on any atom is 0.303 e. The molecule has 0 aliphatic rings. The molecule has 61 heavy (non-hydrogen) atoms. The fraction of sp³-hybridized carbons (Fsp3) is 0.894. The number of ether oxygens (including phenoxy) is 4. The molecule has 0 aromatic heterocycles. The summed E-state index contributed by atoms with van der Waals surface area (Å²) < 4.78 is 22.0. The molecule has 0 rings (SSSR count). The Morgan fingerprint density at radius 2 is 0.820 bits per heavy atom. The molecule has 0 heterocycles. The number of hydrogen-bond acceptors (Lipinski definition) is 10. The van der Waals surface area contributed by atoms with Crippen LogP contribution >= 0.6 is 0 Å². The van der Waals surface area contributed by atoms with E-state index in [1.54, 1.807) is 0 Å². The number of aliphatic carboxylic acids is 1. The average molecular weight is 871 g/mol.